The van der Waals surface area contributed by atoms with Gasteiger partial charge in [0.15, 0.2) is 0 Å². The van der Waals surface area contributed by atoms with Crippen LogP contribution in [0.25, 0.3) is 0 Å². The number of rotatable bonds is 14. The van der Waals surface area contributed by atoms with Crippen LogP contribution in [0.15, 0.2) is 77.7 Å². The van der Waals surface area contributed by atoms with Crippen molar-refractivity contribution in [2.24, 2.45) is 0 Å². The quantitative estimate of drug-likeness (QED) is 0.287. The molecule has 42 heavy (non-hydrogen) atoms. The van der Waals surface area contributed by atoms with Gasteiger partial charge in [-0.3, -0.25) is 13.9 Å². The molecular formula is C31H38FN3O6S. The van der Waals surface area contributed by atoms with Gasteiger partial charge in [0.25, 0.3) is 10.0 Å². The van der Waals surface area contributed by atoms with Gasteiger partial charge < -0.3 is 19.7 Å². The molecule has 0 fully saturated rings. The molecule has 3 aromatic rings. The first-order chi connectivity index (χ1) is 20.0. The Balaban J connectivity index is 2.04. The van der Waals surface area contributed by atoms with Gasteiger partial charge in [0.05, 0.1) is 24.3 Å². The van der Waals surface area contributed by atoms with Gasteiger partial charge in [0, 0.05) is 12.6 Å². The van der Waals surface area contributed by atoms with Crippen LogP contribution in [0.3, 0.4) is 0 Å². The summed E-state index contributed by atoms with van der Waals surface area (Å²) in [5.74, 6) is -0.463. The number of methoxy groups -OCH3 is 1. The van der Waals surface area contributed by atoms with Gasteiger partial charge >= 0.3 is 0 Å². The Labute approximate surface area is 247 Å². The van der Waals surface area contributed by atoms with Crippen molar-refractivity contribution in [3.63, 3.8) is 0 Å². The molecular weight excluding hydrogens is 561 g/mol. The van der Waals surface area contributed by atoms with Gasteiger partial charge in [-0.25, -0.2) is 12.8 Å². The van der Waals surface area contributed by atoms with Crippen molar-refractivity contribution < 1.29 is 31.9 Å². The number of hydrogen-bond acceptors (Lipinski definition) is 6. The first kappa shape index (κ1) is 32.4. The first-order valence-corrected chi connectivity index (χ1v) is 15.2. The van der Waals surface area contributed by atoms with Gasteiger partial charge in [0.1, 0.15) is 29.9 Å². The minimum Gasteiger partial charge on any atom is -0.497 e. The molecule has 0 saturated heterocycles. The number of ether oxygens (including phenoxy) is 2. The van der Waals surface area contributed by atoms with Gasteiger partial charge in [-0.1, -0.05) is 19.1 Å². The number of carbonyl (C=O) groups excluding carboxylic acids is 2. The predicted octanol–water partition coefficient (Wildman–Crippen LogP) is 4.76. The third kappa shape index (κ3) is 8.22. The van der Waals surface area contributed by atoms with Gasteiger partial charge in [-0.2, -0.15) is 0 Å². The molecule has 0 saturated carbocycles. The second-order valence-electron chi connectivity index (χ2n) is 9.76. The summed E-state index contributed by atoms with van der Waals surface area (Å²) in [6.45, 7) is 7.06. The highest BCUT2D eigenvalue weighted by Crippen LogP contribution is 2.27. The van der Waals surface area contributed by atoms with E-state index in [9.17, 15) is 22.4 Å². The lowest BCUT2D eigenvalue weighted by molar-refractivity contribution is -0.139. The highest BCUT2D eigenvalue weighted by Gasteiger charge is 2.33. The summed E-state index contributed by atoms with van der Waals surface area (Å²) in [5, 5.41) is 2.90. The summed E-state index contributed by atoms with van der Waals surface area (Å²) < 4.78 is 53.1. The Morgan fingerprint density at radius 2 is 1.62 bits per heavy atom. The number of nitrogens with zero attached hydrogens (tertiary/aromatic N) is 2. The average Bonchev–Trinajstić information content (AvgIpc) is 2.99. The number of hydrogen-bond donors (Lipinski definition) is 1. The van der Waals surface area contributed by atoms with Crippen LogP contribution in [-0.4, -0.2) is 57.5 Å². The molecule has 2 amide bonds. The fourth-order valence-corrected chi connectivity index (χ4v) is 5.57. The van der Waals surface area contributed by atoms with Crippen molar-refractivity contribution in [3.05, 3.63) is 84.2 Å². The van der Waals surface area contributed by atoms with Crippen molar-refractivity contribution in [3.8, 4) is 11.5 Å². The number of carbonyl (C=O) groups is 2. The van der Waals surface area contributed by atoms with E-state index in [2.05, 4.69) is 5.32 Å². The number of amides is 2. The zero-order valence-electron chi connectivity index (χ0n) is 24.5. The monoisotopic (exact) mass is 599 g/mol. The summed E-state index contributed by atoms with van der Waals surface area (Å²) in [6, 6.07) is 16.7. The van der Waals surface area contributed by atoms with E-state index in [0.29, 0.717) is 30.1 Å². The molecule has 3 rings (SSSR count). The highest BCUT2D eigenvalue weighted by molar-refractivity contribution is 7.92. The zero-order chi connectivity index (χ0) is 30.9. The summed E-state index contributed by atoms with van der Waals surface area (Å²) in [6.07, 6.45) is 0.698. The predicted molar refractivity (Wildman–Crippen MR) is 159 cm³/mol. The van der Waals surface area contributed by atoms with Gasteiger partial charge in [-0.15, -0.1) is 0 Å². The number of halogens is 1. The standard InChI is InChI=1S/C31H38FN3O6S/c1-6-22(3)33-31(37)23(4)34(20-24-9-8-10-28(19-24)40-5)30(36)21-35(26-13-15-27(16-14-26)41-7-2)42(38,39)29-17-11-25(32)12-18-29/h8-19,22-23H,6-7,20-21H2,1-5H3,(H,33,37)/t22-,23-/m1/s1. The molecule has 2 atom stereocenters. The van der Waals surface area contributed by atoms with Crippen molar-refractivity contribution in [2.75, 3.05) is 24.6 Å². The molecule has 226 valence electrons. The van der Waals surface area contributed by atoms with Crippen LogP contribution in [0.5, 0.6) is 11.5 Å². The van der Waals surface area contributed by atoms with E-state index in [4.69, 9.17) is 9.47 Å². The molecule has 11 heteroatoms. The summed E-state index contributed by atoms with van der Waals surface area (Å²) in [5.41, 5.74) is 0.897. The smallest absolute Gasteiger partial charge is 0.264 e. The van der Waals surface area contributed by atoms with Gasteiger partial charge in [0.2, 0.25) is 11.8 Å². The molecule has 0 aliphatic carbocycles. The van der Waals surface area contributed by atoms with E-state index in [-0.39, 0.29) is 29.1 Å². The van der Waals surface area contributed by atoms with Crippen molar-refractivity contribution in [1.29, 1.82) is 0 Å². The number of sulfonamides is 1. The SMILES string of the molecule is CCOc1ccc(N(CC(=O)N(Cc2cccc(OC)c2)[C@H](C)C(=O)N[C@H](C)CC)S(=O)(=O)c2ccc(F)cc2)cc1. The molecule has 1 N–H and O–H groups in total. The molecule has 0 bridgehead atoms. The van der Waals surface area contributed by atoms with Crippen LogP contribution in [0, 0.1) is 5.82 Å². The zero-order valence-corrected chi connectivity index (χ0v) is 25.4. The molecule has 9 nitrogen and oxygen atoms in total. The van der Waals surface area contributed by atoms with E-state index in [1.165, 1.54) is 24.1 Å². The molecule has 0 aliphatic rings. The Kier molecular flexibility index (Phi) is 11.3. The minimum absolute atomic E-state index is 0.0266. The third-order valence-corrected chi connectivity index (χ3v) is 8.56. The maximum absolute atomic E-state index is 14.0. The normalized spacial score (nSPS) is 12.6. The average molecular weight is 600 g/mol. The summed E-state index contributed by atoms with van der Waals surface area (Å²) >= 11 is 0. The lowest BCUT2D eigenvalue weighted by Crippen LogP contribution is -2.52. The van der Waals surface area contributed by atoms with Gasteiger partial charge in [-0.05, 0) is 93.4 Å². The van der Waals surface area contributed by atoms with E-state index in [1.807, 2.05) is 20.8 Å². The van der Waals surface area contributed by atoms with Crippen molar-refractivity contribution >= 4 is 27.5 Å². The summed E-state index contributed by atoms with van der Waals surface area (Å²) in [7, 11) is -2.79. The summed E-state index contributed by atoms with van der Waals surface area (Å²) in [4.78, 5) is 28.3. The van der Waals surface area contributed by atoms with E-state index in [1.54, 1.807) is 43.3 Å². The second-order valence-corrected chi connectivity index (χ2v) is 11.6. The van der Waals surface area contributed by atoms with Crippen molar-refractivity contribution in [1.82, 2.24) is 10.2 Å². The largest absolute Gasteiger partial charge is 0.497 e. The Morgan fingerprint density at radius 1 is 0.952 bits per heavy atom. The molecule has 0 heterocycles. The minimum atomic E-state index is -4.32. The Bertz CT molecular complexity index is 1450. The fourth-order valence-electron chi connectivity index (χ4n) is 4.15. The van der Waals surface area contributed by atoms with Crippen LogP contribution >= 0.6 is 0 Å². The van der Waals surface area contributed by atoms with Crippen LogP contribution in [0.2, 0.25) is 0 Å². The lowest BCUT2D eigenvalue weighted by Gasteiger charge is -2.32. The number of benzene rings is 3. The molecule has 0 unspecified atom stereocenters. The fraction of sp³-hybridized carbons (Fsp3) is 0.355. The van der Waals surface area contributed by atoms with Crippen LogP contribution < -0.4 is 19.1 Å². The van der Waals surface area contributed by atoms with E-state index < -0.39 is 34.3 Å². The second kappa shape index (κ2) is 14.7. The van der Waals surface area contributed by atoms with Crippen LogP contribution in [-0.2, 0) is 26.2 Å². The molecule has 0 radical (unpaired) electrons. The maximum Gasteiger partial charge on any atom is 0.264 e. The van der Waals surface area contributed by atoms with Crippen LogP contribution in [0.1, 0.15) is 39.7 Å². The Morgan fingerprint density at radius 3 is 2.21 bits per heavy atom. The molecule has 0 spiro atoms. The van der Waals surface area contributed by atoms with E-state index >= 15 is 0 Å². The third-order valence-electron chi connectivity index (χ3n) is 6.77. The van der Waals surface area contributed by atoms with E-state index in [0.717, 1.165) is 28.6 Å². The number of nitrogens with one attached hydrogen (secondary N) is 1. The van der Waals surface area contributed by atoms with Crippen LogP contribution in [0.4, 0.5) is 10.1 Å². The topological polar surface area (TPSA) is 105 Å². The number of anilines is 1. The molecule has 3 aromatic carbocycles. The van der Waals surface area contributed by atoms with Crippen molar-refractivity contribution in [2.45, 2.75) is 57.6 Å². The lowest BCUT2D eigenvalue weighted by atomic mass is 10.1. The molecule has 0 aromatic heterocycles. The molecule has 0 aliphatic heterocycles. The highest BCUT2D eigenvalue weighted by atomic mass is 32.2. The first-order valence-electron chi connectivity index (χ1n) is 13.7. The Hall–Kier alpha value is -4.12. The maximum atomic E-state index is 14.0.